The molecule has 0 aliphatic carbocycles. The Morgan fingerprint density at radius 2 is 1.90 bits per heavy atom. The molecular formula is C22H26N6O. The standard InChI is InChI=1S/C22H26N6O/c1-27-16-19(18-8-4-2-5-9-18)21(26-27)25-22(29)24-15-17-10-11-23-20(14-17)28-12-6-3-7-13-28/h2,4-5,8-11,14,16H,3,6-7,12-13,15H2,1H3,(H2,24,25,26,29). The molecule has 0 radical (unpaired) electrons. The van der Waals surface area contributed by atoms with Crippen LogP contribution in [0.1, 0.15) is 24.8 Å². The molecule has 1 aromatic carbocycles. The predicted molar refractivity (Wildman–Crippen MR) is 115 cm³/mol. The Hall–Kier alpha value is -3.35. The van der Waals surface area contributed by atoms with E-state index in [9.17, 15) is 4.79 Å². The zero-order valence-electron chi connectivity index (χ0n) is 16.6. The molecule has 1 fully saturated rings. The second-order valence-corrected chi connectivity index (χ2v) is 7.31. The van der Waals surface area contributed by atoms with Crippen molar-refractivity contribution in [3.8, 4) is 11.1 Å². The number of hydrogen-bond acceptors (Lipinski definition) is 4. The van der Waals surface area contributed by atoms with E-state index in [0.717, 1.165) is 35.6 Å². The van der Waals surface area contributed by atoms with Gasteiger partial charge in [0.25, 0.3) is 0 Å². The molecule has 2 amide bonds. The summed E-state index contributed by atoms with van der Waals surface area (Å²) in [6.07, 6.45) is 7.42. The highest BCUT2D eigenvalue weighted by atomic mass is 16.2. The van der Waals surface area contributed by atoms with Gasteiger partial charge in [0.1, 0.15) is 5.82 Å². The number of piperidine rings is 1. The SMILES string of the molecule is Cn1cc(-c2ccccc2)c(NC(=O)NCc2ccnc(N3CCCCC3)c2)n1. The maximum absolute atomic E-state index is 12.5. The fraction of sp³-hybridized carbons (Fsp3) is 0.318. The number of urea groups is 1. The van der Waals surface area contributed by atoms with E-state index in [1.54, 1.807) is 4.68 Å². The zero-order valence-corrected chi connectivity index (χ0v) is 16.6. The summed E-state index contributed by atoms with van der Waals surface area (Å²) in [5.41, 5.74) is 2.93. The minimum atomic E-state index is -0.280. The van der Waals surface area contributed by atoms with Crippen molar-refractivity contribution in [1.82, 2.24) is 20.1 Å². The summed E-state index contributed by atoms with van der Waals surface area (Å²) in [7, 11) is 1.84. The van der Waals surface area contributed by atoms with Crippen LogP contribution in [0.5, 0.6) is 0 Å². The van der Waals surface area contributed by atoms with Crippen LogP contribution < -0.4 is 15.5 Å². The molecule has 0 atom stereocenters. The van der Waals surface area contributed by atoms with E-state index in [1.807, 2.05) is 55.8 Å². The molecule has 0 bridgehead atoms. The second-order valence-electron chi connectivity index (χ2n) is 7.31. The molecule has 1 saturated heterocycles. The molecule has 29 heavy (non-hydrogen) atoms. The van der Waals surface area contributed by atoms with Crippen molar-refractivity contribution in [2.24, 2.45) is 7.05 Å². The smallest absolute Gasteiger partial charge is 0.320 e. The van der Waals surface area contributed by atoms with Gasteiger partial charge in [-0.25, -0.2) is 9.78 Å². The lowest BCUT2D eigenvalue weighted by Gasteiger charge is -2.27. The van der Waals surface area contributed by atoms with Crippen molar-refractivity contribution in [1.29, 1.82) is 0 Å². The minimum Gasteiger partial charge on any atom is -0.357 e. The average Bonchev–Trinajstić information content (AvgIpc) is 3.13. The molecule has 7 nitrogen and oxygen atoms in total. The van der Waals surface area contributed by atoms with Gasteiger partial charge in [-0.3, -0.25) is 10.00 Å². The third kappa shape index (κ3) is 4.74. The van der Waals surface area contributed by atoms with Crippen LogP contribution in [-0.4, -0.2) is 33.9 Å². The molecule has 2 N–H and O–H groups in total. The zero-order chi connectivity index (χ0) is 20.1. The van der Waals surface area contributed by atoms with Gasteiger partial charge in [0.15, 0.2) is 5.82 Å². The number of pyridine rings is 1. The number of rotatable bonds is 5. The number of amides is 2. The Bertz CT molecular complexity index is 962. The number of aryl methyl sites for hydroxylation is 1. The van der Waals surface area contributed by atoms with Crippen LogP contribution in [0.4, 0.5) is 16.4 Å². The van der Waals surface area contributed by atoms with E-state index in [4.69, 9.17) is 0 Å². The molecule has 1 aliphatic rings. The summed E-state index contributed by atoms with van der Waals surface area (Å²) in [6.45, 7) is 2.53. The molecule has 7 heteroatoms. The van der Waals surface area contributed by atoms with Gasteiger partial charge in [0.2, 0.25) is 0 Å². The fourth-order valence-corrected chi connectivity index (χ4v) is 3.61. The Morgan fingerprint density at radius 1 is 1.10 bits per heavy atom. The third-order valence-corrected chi connectivity index (χ3v) is 5.09. The Kier molecular flexibility index (Phi) is 5.74. The minimum absolute atomic E-state index is 0.280. The lowest BCUT2D eigenvalue weighted by atomic mass is 10.1. The van der Waals surface area contributed by atoms with E-state index in [0.29, 0.717) is 12.4 Å². The van der Waals surface area contributed by atoms with Crippen LogP contribution in [0.25, 0.3) is 11.1 Å². The van der Waals surface area contributed by atoms with Crippen LogP contribution in [0.3, 0.4) is 0 Å². The molecule has 0 unspecified atom stereocenters. The molecule has 3 aromatic rings. The quantitative estimate of drug-likeness (QED) is 0.695. The molecule has 3 heterocycles. The van der Waals surface area contributed by atoms with Gasteiger partial charge < -0.3 is 10.2 Å². The summed E-state index contributed by atoms with van der Waals surface area (Å²) in [6, 6.07) is 13.6. The van der Waals surface area contributed by atoms with Crippen molar-refractivity contribution in [2.75, 3.05) is 23.3 Å². The van der Waals surface area contributed by atoms with E-state index in [1.165, 1.54) is 19.3 Å². The van der Waals surface area contributed by atoms with Crippen LogP contribution >= 0.6 is 0 Å². The number of benzene rings is 1. The molecule has 4 rings (SSSR count). The highest BCUT2D eigenvalue weighted by molar-refractivity contribution is 5.92. The van der Waals surface area contributed by atoms with Gasteiger partial charge in [-0.2, -0.15) is 5.10 Å². The number of carbonyl (C=O) groups is 1. The lowest BCUT2D eigenvalue weighted by molar-refractivity contribution is 0.251. The van der Waals surface area contributed by atoms with Crippen LogP contribution in [0.2, 0.25) is 0 Å². The number of carbonyl (C=O) groups excluding carboxylic acids is 1. The number of anilines is 2. The highest BCUT2D eigenvalue weighted by Crippen LogP contribution is 2.26. The Labute approximate surface area is 170 Å². The average molecular weight is 390 g/mol. The summed E-state index contributed by atoms with van der Waals surface area (Å²) < 4.78 is 1.70. The highest BCUT2D eigenvalue weighted by Gasteiger charge is 2.14. The Balaban J connectivity index is 1.39. The summed E-state index contributed by atoms with van der Waals surface area (Å²) >= 11 is 0. The first kappa shape index (κ1) is 19.0. The molecule has 0 saturated carbocycles. The number of nitrogens with zero attached hydrogens (tertiary/aromatic N) is 4. The first-order valence-corrected chi connectivity index (χ1v) is 10.0. The number of aromatic nitrogens is 3. The molecule has 150 valence electrons. The summed E-state index contributed by atoms with van der Waals surface area (Å²) in [5, 5.41) is 10.2. The van der Waals surface area contributed by atoms with Gasteiger partial charge in [0.05, 0.1) is 0 Å². The van der Waals surface area contributed by atoms with E-state index < -0.39 is 0 Å². The second kappa shape index (κ2) is 8.77. The largest absolute Gasteiger partial charge is 0.357 e. The van der Waals surface area contributed by atoms with Crippen LogP contribution in [0, 0.1) is 0 Å². The topological polar surface area (TPSA) is 75.1 Å². The van der Waals surface area contributed by atoms with Crippen molar-refractivity contribution in [3.05, 3.63) is 60.4 Å². The first-order chi connectivity index (χ1) is 14.2. The van der Waals surface area contributed by atoms with Gasteiger partial charge in [0, 0.05) is 44.6 Å². The Morgan fingerprint density at radius 3 is 2.69 bits per heavy atom. The van der Waals surface area contributed by atoms with Crippen molar-refractivity contribution in [2.45, 2.75) is 25.8 Å². The predicted octanol–water partition coefficient (Wildman–Crippen LogP) is 3.79. The van der Waals surface area contributed by atoms with Crippen molar-refractivity contribution < 1.29 is 4.79 Å². The number of nitrogens with one attached hydrogen (secondary N) is 2. The van der Waals surface area contributed by atoms with Gasteiger partial charge in [-0.1, -0.05) is 30.3 Å². The molecule has 2 aromatic heterocycles. The fourth-order valence-electron chi connectivity index (χ4n) is 3.61. The maximum Gasteiger partial charge on any atom is 0.320 e. The van der Waals surface area contributed by atoms with Crippen LogP contribution in [0.15, 0.2) is 54.9 Å². The molecule has 0 spiro atoms. The summed E-state index contributed by atoms with van der Waals surface area (Å²) in [4.78, 5) is 19.3. The van der Waals surface area contributed by atoms with Gasteiger partial charge in [-0.15, -0.1) is 0 Å². The van der Waals surface area contributed by atoms with Gasteiger partial charge >= 0.3 is 6.03 Å². The summed E-state index contributed by atoms with van der Waals surface area (Å²) in [5.74, 6) is 1.53. The number of hydrogen-bond donors (Lipinski definition) is 2. The third-order valence-electron chi connectivity index (χ3n) is 5.09. The molecular weight excluding hydrogens is 364 g/mol. The normalized spacial score (nSPS) is 13.9. The van der Waals surface area contributed by atoms with Crippen molar-refractivity contribution >= 4 is 17.7 Å². The first-order valence-electron chi connectivity index (χ1n) is 10.0. The molecule has 1 aliphatic heterocycles. The van der Waals surface area contributed by atoms with E-state index in [2.05, 4.69) is 31.7 Å². The monoisotopic (exact) mass is 390 g/mol. The van der Waals surface area contributed by atoms with Gasteiger partial charge in [-0.05, 0) is 42.5 Å². The maximum atomic E-state index is 12.5. The van der Waals surface area contributed by atoms with E-state index in [-0.39, 0.29) is 6.03 Å². The van der Waals surface area contributed by atoms with Crippen molar-refractivity contribution in [3.63, 3.8) is 0 Å². The van der Waals surface area contributed by atoms with E-state index >= 15 is 0 Å². The van der Waals surface area contributed by atoms with Crippen LogP contribution in [-0.2, 0) is 13.6 Å². The lowest BCUT2D eigenvalue weighted by Crippen LogP contribution is -2.31.